The van der Waals surface area contributed by atoms with Crippen LogP contribution in [0.15, 0.2) is 60.4 Å². The SMILES string of the molecule is O=C(Nc1nc(/C=C/c2ccc(Cl)cn2)cs1)c1cccn1Cc1ccnc(F)c1. The van der Waals surface area contributed by atoms with Gasteiger partial charge < -0.3 is 4.57 Å². The fraction of sp³-hybridized carbons (Fsp3) is 0.0476. The van der Waals surface area contributed by atoms with Crippen LogP contribution in [-0.4, -0.2) is 25.4 Å². The lowest BCUT2D eigenvalue weighted by molar-refractivity contribution is 0.101. The number of carbonyl (C=O) groups excluding carboxylic acids is 1. The molecule has 4 heterocycles. The largest absolute Gasteiger partial charge is 0.339 e. The van der Waals surface area contributed by atoms with Gasteiger partial charge in [0.1, 0.15) is 5.69 Å². The Morgan fingerprint density at radius 3 is 2.87 bits per heavy atom. The zero-order chi connectivity index (χ0) is 20.9. The summed E-state index contributed by atoms with van der Waals surface area (Å²) in [6.45, 7) is 0.356. The highest BCUT2D eigenvalue weighted by molar-refractivity contribution is 7.14. The number of nitrogens with zero attached hydrogens (tertiary/aromatic N) is 4. The number of amides is 1. The normalized spacial score (nSPS) is 11.1. The number of pyridine rings is 2. The van der Waals surface area contributed by atoms with Gasteiger partial charge in [-0.25, -0.2) is 9.97 Å². The Morgan fingerprint density at radius 2 is 2.07 bits per heavy atom. The first-order valence-corrected chi connectivity index (χ1v) is 10.1. The van der Waals surface area contributed by atoms with Crippen molar-refractivity contribution in [3.63, 3.8) is 0 Å². The number of hydrogen-bond donors (Lipinski definition) is 1. The maximum atomic E-state index is 13.3. The predicted molar refractivity (Wildman–Crippen MR) is 116 cm³/mol. The van der Waals surface area contributed by atoms with Crippen molar-refractivity contribution in [1.29, 1.82) is 0 Å². The summed E-state index contributed by atoms with van der Waals surface area (Å²) in [5, 5.41) is 5.69. The molecule has 0 saturated carbocycles. The molecule has 0 radical (unpaired) electrons. The molecule has 6 nitrogen and oxygen atoms in total. The lowest BCUT2D eigenvalue weighted by Gasteiger charge is -2.09. The highest BCUT2D eigenvalue weighted by Gasteiger charge is 2.13. The van der Waals surface area contributed by atoms with Gasteiger partial charge in [0.2, 0.25) is 5.95 Å². The Balaban J connectivity index is 1.43. The van der Waals surface area contributed by atoms with Crippen molar-refractivity contribution < 1.29 is 9.18 Å². The van der Waals surface area contributed by atoms with Crippen molar-refractivity contribution in [3.05, 3.63) is 94.0 Å². The Bertz CT molecular complexity index is 1200. The van der Waals surface area contributed by atoms with Crippen molar-refractivity contribution in [2.24, 2.45) is 0 Å². The summed E-state index contributed by atoms with van der Waals surface area (Å²) in [6, 6.07) is 10.1. The fourth-order valence-corrected chi connectivity index (χ4v) is 3.52. The number of nitrogens with one attached hydrogen (secondary N) is 1. The summed E-state index contributed by atoms with van der Waals surface area (Å²) in [6.07, 6.45) is 8.36. The van der Waals surface area contributed by atoms with E-state index in [4.69, 9.17) is 11.6 Å². The van der Waals surface area contributed by atoms with Gasteiger partial charge >= 0.3 is 0 Å². The van der Waals surface area contributed by atoms with Gasteiger partial charge in [-0.1, -0.05) is 11.6 Å². The van der Waals surface area contributed by atoms with Gasteiger partial charge in [-0.15, -0.1) is 11.3 Å². The maximum Gasteiger partial charge on any atom is 0.274 e. The lowest BCUT2D eigenvalue weighted by atomic mass is 10.2. The molecule has 0 saturated heterocycles. The third-order valence-corrected chi connectivity index (χ3v) is 5.12. The molecule has 0 atom stereocenters. The highest BCUT2D eigenvalue weighted by Crippen LogP contribution is 2.19. The van der Waals surface area contributed by atoms with Crippen LogP contribution in [0.2, 0.25) is 5.02 Å². The van der Waals surface area contributed by atoms with Crippen LogP contribution in [0.3, 0.4) is 0 Å². The quantitative estimate of drug-likeness (QED) is 0.429. The minimum Gasteiger partial charge on any atom is -0.339 e. The molecule has 1 N–H and O–H groups in total. The van der Waals surface area contributed by atoms with E-state index in [1.807, 2.05) is 17.5 Å². The van der Waals surface area contributed by atoms with Crippen LogP contribution in [-0.2, 0) is 6.54 Å². The molecule has 9 heteroatoms. The minimum absolute atomic E-state index is 0.293. The van der Waals surface area contributed by atoms with Gasteiger partial charge in [0.05, 0.1) is 16.4 Å². The van der Waals surface area contributed by atoms with E-state index >= 15 is 0 Å². The van der Waals surface area contributed by atoms with Gasteiger partial charge in [-0.3, -0.25) is 15.1 Å². The van der Waals surface area contributed by atoms with Crippen LogP contribution >= 0.6 is 22.9 Å². The number of thiazole rings is 1. The van der Waals surface area contributed by atoms with Crippen molar-refractivity contribution >= 4 is 46.1 Å². The third-order valence-electron chi connectivity index (χ3n) is 4.12. The van der Waals surface area contributed by atoms with Crippen molar-refractivity contribution in [3.8, 4) is 0 Å². The van der Waals surface area contributed by atoms with E-state index in [0.29, 0.717) is 33.7 Å². The van der Waals surface area contributed by atoms with E-state index < -0.39 is 5.95 Å². The van der Waals surface area contributed by atoms with Crippen molar-refractivity contribution in [2.45, 2.75) is 6.54 Å². The Kier molecular flexibility index (Phi) is 5.97. The zero-order valence-electron chi connectivity index (χ0n) is 15.5. The second-order valence-corrected chi connectivity index (χ2v) is 7.57. The molecule has 30 heavy (non-hydrogen) atoms. The summed E-state index contributed by atoms with van der Waals surface area (Å²) in [4.78, 5) is 24.8. The second kappa shape index (κ2) is 8.98. The Morgan fingerprint density at radius 1 is 1.20 bits per heavy atom. The monoisotopic (exact) mass is 439 g/mol. The molecule has 0 fully saturated rings. The molecule has 0 aromatic carbocycles. The number of halogens is 2. The van der Waals surface area contributed by atoms with E-state index in [2.05, 4.69) is 20.3 Å². The standard InChI is InChI=1S/C21H15ClFN5OS/c22-15-3-4-16(25-11-15)5-6-17-13-30-21(26-17)27-20(29)18-2-1-9-28(18)12-14-7-8-24-19(23)10-14/h1-11,13H,12H2,(H,26,27,29)/b6-5+. The Hall–Kier alpha value is -3.36. The van der Waals surface area contributed by atoms with E-state index in [-0.39, 0.29) is 5.91 Å². The van der Waals surface area contributed by atoms with Crippen LogP contribution in [0.25, 0.3) is 12.2 Å². The maximum absolute atomic E-state index is 13.3. The first kappa shape index (κ1) is 19.9. The van der Waals surface area contributed by atoms with Crippen LogP contribution in [0.1, 0.15) is 27.4 Å². The number of rotatable bonds is 6. The van der Waals surface area contributed by atoms with Crippen LogP contribution in [0, 0.1) is 5.95 Å². The fourth-order valence-electron chi connectivity index (χ4n) is 2.73. The predicted octanol–water partition coefficient (Wildman–Crippen LogP) is 5.00. The molecule has 0 aliphatic carbocycles. The van der Waals surface area contributed by atoms with Crippen molar-refractivity contribution in [1.82, 2.24) is 19.5 Å². The molecule has 0 aliphatic rings. The van der Waals surface area contributed by atoms with Crippen LogP contribution in [0.5, 0.6) is 0 Å². The molecule has 1 amide bonds. The first-order valence-electron chi connectivity index (χ1n) is 8.89. The number of anilines is 1. The van der Waals surface area contributed by atoms with E-state index in [1.54, 1.807) is 47.3 Å². The number of carbonyl (C=O) groups is 1. The summed E-state index contributed by atoms with van der Waals surface area (Å²) >= 11 is 7.15. The third kappa shape index (κ3) is 4.97. The summed E-state index contributed by atoms with van der Waals surface area (Å²) in [5.41, 5.74) is 2.62. The molecule has 0 spiro atoms. The van der Waals surface area contributed by atoms with Crippen molar-refractivity contribution in [2.75, 3.05) is 5.32 Å². The van der Waals surface area contributed by atoms with Crippen LogP contribution in [0.4, 0.5) is 9.52 Å². The summed E-state index contributed by atoms with van der Waals surface area (Å²) < 4.78 is 15.1. The lowest BCUT2D eigenvalue weighted by Crippen LogP contribution is -2.17. The molecule has 4 aromatic rings. The topological polar surface area (TPSA) is 72.7 Å². The van der Waals surface area contributed by atoms with Crippen LogP contribution < -0.4 is 5.32 Å². The summed E-state index contributed by atoms with van der Waals surface area (Å²) in [7, 11) is 0. The molecule has 4 rings (SSSR count). The van der Waals surface area contributed by atoms with Gasteiger partial charge in [0, 0.05) is 30.5 Å². The van der Waals surface area contributed by atoms with E-state index in [0.717, 1.165) is 5.69 Å². The summed E-state index contributed by atoms with van der Waals surface area (Å²) in [5.74, 6) is -0.846. The number of hydrogen-bond acceptors (Lipinski definition) is 5. The molecule has 0 unspecified atom stereocenters. The van der Waals surface area contributed by atoms with Gasteiger partial charge in [0.15, 0.2) is 5.13 Å². The average Bonchev–Trinajstić information content (AvgIpc) is 3.37. The molecular weight excluding hydrogens is 425 g/mol. The first-order chi connectivity index (χ1) is 14.6. The van der Waals surface area contributed by atoms with Gasteiger partial charge in [-0.2, -0.15) is 4.39 Å². The smallest absolute Gasteiger partial charge is 0.274 e. The molecule has 0 bridgehead atoms. The van der Waals surface area contributed by atoms with E-state index in [1.165, 1.54) is 23.6 Å². The van der Waals surface area contributed by atoms with Gasteiger partial charge in [-0.05, 0) is 54.1 Å². The van der Waals surface area contributed by atoms with E-state index in [9.17, 15) is 9.18 Å². The zero-order valence-corrected chi connectivity index (χ0v) is 17.1. The second-order valence-electron chi connectivity index (χ2n) is 6.27. The highest BCUT2D eigenvalue weighted by atomic mass is 35.5. The molecule has 0 aliphatic heterocycles. The minimum atomic E-state index is -0.553. The Labute approximate surface area is 180 Å². The van der Waals surface area contributed by atoms with Gasteiger partial charge in [0.25, 0.3) is 5.91 Å². The molecule has 4 aromatic heterocycles. The molecule has 150 valence electrons. The number of aromatic nitrogens is 4. The average molecular weight is 440 g/mol. The molecular formula is C21H15ClFN5OS.